The number of thioether (sulfide) groups is 1. The number of hydrogen-bond donors (Lipinski definition) is 3. The quantitative estimate of drug-likeness (QED) is 0.448. The Labute approximate surface area is 174 Å². The van der Waals surface area contributed by atoms with Gasteiger partial charge in [0.1, 0.15) is 4.90 Å². The van der Waals surface area contributed by atoms with Crippen molar-refractivity contribution in [3.8, 4) is 0 Å². The van der Waals surface area contributed by atoms with E-state index in [9.17, 15) is 13.2 Å². The van der Waals surface area contributed by atoms with Gasteiger partial charge in [-0.15, -0.1) is 11.8 Å². The van der Waals surface area contributed by atoms with E-state index in [-0.39, 0.29) is 22.3 Å². The van der Waals surface area contributed by atoms with Gasteiger partial charge < -0.3 is 15.1 Å². The summed E-state index contributed by atoms with van der Waals surface area (Å²) >= 11 is 6.20. The molecule has 0 spiro atoms. The number of carbonyl (C=O) groups excluding carboxylic acids is 1. The average molecular weight is 442 g/mol. The molecule has 1 aromatic carbocycles. The first-order valence-electron chi connectivity index (χ1n) is 8.34. The summed E-state index contributed by atoms with van der Waals surface area (Å²) in [6, 6.07) is 6.71. The molecule has 1 amide bonds. The Morgan fingerprint density at radius 1 is 1.29 bits per heavy atom. The van der Waals surface area contributed by atoms with Crippen molar-refractivity contribution >= 4 is 45.0 Å². The van der Waals surface area contributed by atoms with Gasteiger partial charge in [0.15, 0.2) is 5.11 Å². The second-order valence-corrected chi connectivity index (χ2v) is 9.44. The summed E-state index contributed by atoms with van der Waals surface area (Å²) in [5.74, 6) is -0.231. The molecule has 152 valence electrons. The summed E-state index contributed by atoms with van der Waals surface area (Å²) in [7, 11) is -2.33. The zero-order valence-corrected chi connectivity index (χ0v) is 18.5. The Morgan fingerprint density at radius 3 is 2.57 bits per heavy atom. The topological polar surface area (TPSA) is 100 Å². The van der Waals surface area contributed by atoms with E-state index in [0.717, 1.165) is 5.56 Å². The van der Waals surface area contributed by atoms with E-state index in [2.05, 4.69) is 15.4 Å². The maximum atomic E-state index is 12.6. The fourth-order valence-corrected chi connectivity index (χ4v) is 5.01. The molecule has 0 aliphatic heterocycles. The average Bonchev–Trinajstić information content (AvgIpc) is 3.16. The van der Waals surface area contributed by atoms with Crippen LogP contribution in [0.3, 0.4) is 0 Å². The third kappa shape index (κ3) is 5.49. The van der Waals surface area contributed by atoms with Crippen molar-refractivity contribution in [2.24, 2.45) is 0 Å². The lowest BCUT2D eigenvalue weighted by atomic mass is 9.97. The summed E-state index contributed by atoms with van der Waals surface area (Å²) < 4.78 is 32.7. The number of amides is 1. The van der Waals surface area contributed by atoms with Crippen LogP contribution in [0, 0.1) is 0 Å². The van der Waals surface area contributed by atoms with Crippen molar-refractivity contribution in [2.75, 3.05) is 13.3 Å². The Hall–Kier alpha value is -2.04. The summed E-state index contributed by atoms with van der Waals surface area (Å²) in [6.07, 6.45) is 4.94. The molecule has 2 aromatic rings. The second-order valence-electron chi connectivity index (χ2n) is 6.53. The predicted octanol–water partition coefficient (Wildman–Crippen LogP) is 2.38. The van der Waals surface area contributed by atoms with Crippen molar-refractivity contribution in [2.45, 2.75) is 35.6 Å². The van der Waals surface area contributed by atoms with Gasteiger partial charge in [-0.1, -0.05) is 6.07 Å². The molecule has 0 fully saturated rings. The Morgan fingerprint density at radius 2 is 2.00 bits per heavy atom. The second kappa shape index (κ2) is 8.97. The van der Waals surface area contributed by atoms with Gasteiger partial charge in [-0.05, 0) is 56.1 Å². The number of benzene rings is 1. The minimum atomic E-state index is -3.86. The van der Waals surface area contributed by atoms with Crippen LogP contribution in [0.1, 0.15) is 25.0 Å². The fraction of sp³-hybridized carbons (Fsp3) is 0.333. The lowest BCUT2D eigenvalue weighted by Gasteiger charge is -2.25. The number of furan rings is 1. The minimum absolute atomic E-state index is 0.00272. The molecule has 0 saturated carbocycles. The molecular formula is C18H23N3O4S3. The van der Waals surface area contributed by atoms with Crippen LogP contribution in [0.5, 0.6) is 0 Å². The van der Waals surface area contributed by atoms with Crippen molar-refractivity contribution in [1.29, 1.82) is 0 Å². The molecule has 0 saturated heterocycles. The van der Waals surface area contributed by atoms with Crippen LogP contribution in [-0.4, -0.2) is 32.7 Å². The number of rotatable bonds is 7. The van der Waals surface area contributed by atoms with E-state index in [4.69, 9.17) is 16.6 Å². The van der Waals surface area contributed by atoms with E-state index in [1.807, 2.05) is 13.8 Å². The number of thiocarbonyl (C=S) groups is 1. The van der Waals surface area contributed by atoms with Crippen molar-refractivity contribution in [1.82, 2.24) is 15.4 Å². The van der Waals surface area contributed by atoms with Gasteiger partial charge in [-0.3, -0.25) is 9.52 Å². The van der Waals surface area contributed by atoms with E-state index < -0.39 is 15.6 Å². The maximum Gasteiger partial charge on any atom is 0.264 e. The van der Waals surface area contributed by atoms with Crippen LogP contribution in [-0.2, 0) is 26.8 Å². The van der Waals surface area contributed by atoms with Crippen LogP contribution < -0.4 is 15.4 Å². The van der Waals surface area contributed by atoms with Crippen molar-refractivity contribution in [3.63, 3.8) is 0 Å². The van der Waals surface area contributed by atoms with Crippen LogP contribution >= 0.6 is 24.0 Å². The van der Waals surface area contributed by atoms with E-state index in [1.54, 1.807) is 37.0 Å². The zero-order valence-electron chi connectivity index (χ0n) is 16.0. The zero-order chi connectivity index (χ0) is 20.9. The lowest BCUT2D eigenvalue weighted by Crippen LogP contribution is -2.41. The SMILES string of the molecule is CNC(=S)NS(=O)(=O)c1cc(CC(=O)NC(C)(C)c2ccoc2)ccc1SC. The number of nitrogens with one attached hydrogen (secondary N) is 3. The van der Waals surface area contributed by atoms with Gasteiger partial charge in [0.05, 0.1) is 24.5 Å². The largest absolute Gasteiger partial charge is 0.472 e. The number of hydrogen-bond acceptors (Lipinski definition) is 6. The highest BCUT2D eigenvalue weighted by Crippen LogP contribution is 2.26. The van der Waals surface area contributed by atoms with Crippen molar-refractivity contribution in [3.05, 3.63) is 47.9 Å². The molecule has 10 heteroatoms. The molecule has 0 atom stereocenters. The first-order valence-corrected chi connectivity index (χ1v) is 11.5. The molecule has 28 heavy (non-hydrogen) atoms. The first-order chi connectivity index (χ1) is 13.1. The summed E-state index contributed by atoms with van der Waals surface area (Å²) in [5.41, 5.74) is 0.805. The monoisotopic (exact) mass is 441 g/mol. The minimum Gasteiger partial charge on any atom is -0.472 e. The van der Waals surface area contributed by atoms with Crippen LogP contribution in [0.15, 0.2) is 51.0 Å². The molecule has 0 radical (unpaired) electrons. The van der Waals surface area contributed by atoms with Crippen LogP contribution in [0.25, 0.3) is 0 Å². The molecule has 2 rings (SSSR count). The van der Waals surface area contributed by atoms with Gasteiger partial charge in [-0.25, -0.2) is 8.42 Å². The Bertz CT molecular complexity index is 954. The number of sulfonamides is 1. The van der Waals surface area contributed by atoms with Crippen molar-refractivity contribution < 1.29 is 17.6 Å². The molecule has 0 unspecified atom stereocenters. The predicted molar refractivity (Wildman–Crippen MR) is 114 cm³/mol. The molecular weight excluding hydrogens is 418 g/mol. The third-order valence-electron chi connectivity index (χ3n) is 4.03. The number of carbonyl (C=O) groups is 1. The van der Waals surface area contributed by atoms with Crippen LogP contribution in [0.2, 0.25) is 0 Å². The van der Waals surface area contributed by atoms with E-state index >= 15 is 0 Å². The van der Waals surface area contributed by atoms with Gasteiger partial charge in [0.2, 0.25) is 5.91 Å². The molecule has 1 heterocycles. The summed E-state index contributed by atoms with van der Waals surface area (Å²) in [5, 5.41) is 5.51. The maximum absolute atomic E-state index is 12.6. The Balaban J connectivity index is 2.23. The Kier molecular flexibility index (Phi) is 7.13. The normalized spacial score (nSPS) is 11.7. The molecule has 0 bridgehead atoms. The molecule has 1 aromatic heterocycles. The highest BCUT2D eigenvalue weighted by molar-refractivity contribution is 7.99. The van der Waals surface area contributed by atoms with E-state index in [1.165, 1.54) is 24.9 Å². The summed E-state index contributed by atoms with van der Waals surface area (Å²) in [6.45, 7) is 3.73. The van der Waals surface area contributed by atoms with Gasteiger partial charge in [0.25, 0.3) is 10.0 Å². The van der Waals surface area contributed by atoms with Gasteiger partial charge >= 0.3 is 0 Å². The molecule has 3 N–H and O–H groups in total. The lowest BCUT2D eigenvalue weighted by molar-refractivity contribution is -0.122. The fourth-order valence-electron chi connectivity index (χ4n) is 2.54. The van der Waals surface area contributed by atoms with Gasteiger partial charge in [0, 0.05) is 17.5 Å². The first kappa shape index (κ1) is 22.3. The highest BCUT2D eigenvalue weighted by atomic mass is 32.2. The van der Waals surface area contributed by atoms with E-state index in [0.29, 0.717) is 10.5 Å². The van der Waals surface area contributed by atoms with Gasteiger partial charge in [-0.2, -0.15) is 0 Å². The summed E-state index contributed by atoms with van der Waals surface area (Å²) in [4.78, 5) is 13.2. The van der Waals surface area contributed by atoms with Crippen LogP contribution in [0.4, 0.5) is 0 Å². The molecule has 0 aliphatic carbocycles. The third-order valence-corrected chi connectivity index (χ3v) is 6.78. The standard InChI is InChI=1S/C18H23N3O4S3/c1-18(2,13-7-8-25-11-13)20-16(22)10-12-5-6-14(27-4)15(9-12)28(23,24)21-17(26)19-3/h5-9,11H,10H2,1-4H3,(H,20,22)(H2,19,21,26). The molecule has 7 nitrogen and oxygen atoms in total. The molecule has 0 aliphatic rings. The smallest absolute Gasteiger partial charge is 0.264 e. The highest BCUT2D eigenvalue weighted by Gasteiger charge is 2.25.